The fourth-order valence-electron chi connectivity index (χ4n) is 2.10. The summed E-state index contributed by atoms with van der Waals surface area (Å²) in [6, 6.07) is 12.7. The lowest BCUT2D eigenvalue weighted by atomic mass is 10.00. The van der Waals surface area contributed by atoms with E-state index in [0.29, 0.717) is 0 Å². The number of nitrogens with two attached hydrogens (primary N) is 1. The number of carbonyl (C=O) groups is 2. The van der Waals surface area contributed by atoms with Crippen LogP contribution in [0.25, 0.3) is 10.8 Å². The van der Waals surface area contributed by atoms with Crippen LogP contribution in [0.3, 0.4) is 0 Å². The van der Waals surface area contributed by atoms with Gasteiger partial charge in [0.15, 0.2) is 0 Å². The highest BCUT2D eigenvalue weighted by Gasteiger charge is 2.25. The molecule has 3 rings (SSSR count). The van der Waals surface area contributed by atoms with E-state index < -0.39 is 11.9 Å². The van der Waals surface area contributed by atoms with Crippen molar-refractivity contribution in [3.8, 4) is 0 Å². The standard InChI is InChI=1S/C13H13N.C2H2O4/c14-13-8-7-10(9-5-6-9)11-3-1-2-4-12(11)13;3-1(4)2(5)6/h1-4,7-9H,5-6,14H2;(H,3,4)(H,5,6). The van der Waals surface area contributed by atoms with Crippen molar-refractivity contribution < 1.29 is 19.8 Å². The predicted molar refractivity (Wildman–Crippen MR) is 75.6 cm³/mol. The van der Waals surface area contributed by atoms with Crippen molar-refractivity contribution in [3.05, 3.63) is 42.0 Å². The molecule has 0 aromatic heterocycles. The predicted octanol–water partition coefficient (Wildman–Crippen LogP) is 2.45. The number of fused-ring (bicyclic) bond motifs is 1. The zero-order valence-electron chi connectivity index (χ0n) is 10.7. The molecule has 0 atom stereocenters. The van der Waals surface area contributed by atoms with Crippen molar-refractivity contribution >= 4 is 28.4 Å². The molecule has 1 saturated carbocycles. The lowest BCUT2D eigenvalue weighted by Gasteiger charge is -2.07. The minimum absolute atomic E-state index is 0.792. The van der Waals surface area contributed by atoms with E-state index in [1.165, 1.54) is 29.2 Å². The Labute approximate surface area is 115 Å². The Kier molecular flexibility index (Phi) is 3.89. The van der Waals surface area contributed by atoms with E-state index in [-0.39, 0.29) is 0 Å². The van der Waals surface area contributed by atoms with Gasteiger partial charge in [0.05, 0.1) is 0 Å². The summed E-state index contributed by atoms with van der Waals surface area (Å²) in [5, 5.41) is 17.3. The molecular formula is C15H15NO4. The lowest BCUT2D eigenvalue weighted by molar-refractivity contribution is -0.159. The normalized spacial score (nSPS) is 13.4. The first-order chi connectivity index (χ1) is 9.50. The maximum atomic E-state index is 9.10. The van der Waals surface area contributed by atoms with Crippen molar-refractivity contribution in [3.63, 3.8) is 0 Å². The van der Waals surface area contributed by atoms with Crippen LogP contribution in [0, 0.1) is 0 Å². The number of rotatable bonds is 1. The number of aliphatic carboxylic acids is 2. The third kappa shape index (κ3) is 3.06. The summed E-state index contributed by atoms with van der Waals surface area (Å²) in [7, 11) is 0. The number of carboxylic acid groups (broad SMARTS) is 2. The molecule has 104 valence electrons. The quantitative estimate of drug-likeness (QED) is 0.547. The summed E-state index contributed by atoms with van der Waals surface area (Å²) < 4.78 is 0. The van der Waals surface area contributed by atoms with Crippen molar-refractivity contribution in [2.45, 2.75) is 18.8 Å². The molecule has 0 aliphatic heterocycles. The molecule has 5 heteroatoms. The van der Waals surface area contributed by atoms with E-state index in [4.69, 9.17) is 25.5 Å². The average Bonchev–Trinajstić information content (AvgIpc) is 3.24. The maximum Gasteiger partial charge on any atom is 0.414 e. The minimum Gasteiger partial charge on any atom is -0.473 e. The van der Waals surface area contributed by atoms with E-state index in [1.54, 1.807) is 0 Å². The van der Waals surface area contributed by atoms with Gasteiger partial charge in [0.1, 0.15) is 0 Å². The van der Waals surface area contributed by atoms with Crippen molar-refractivity contribution in [2.75, 3.05) is 5.73 Å². The molecule has 0 bridgehead atoms. The SMILES string of the molecule is Nc1ccc(C2CC2)c2ccccc12.O=C(O)C(=O)O. The topological polar surface area (TPSA) is 101 Å². The second-order valence-electron chi connectivity index (χ2n) is 4.67. The van der Waals surface area contributed by atoms with Gasteiger partial charge in [-0.1, -0.05) is 30.3 Å². The highest BCUT2D eigenvalue weighted by atomic mass is 16.4. The molecular weight excluding hydrogens is 258 g/mol. The number of hydrogen-bond acceptors (Lipinski definition) is 3. The summed E-state index contributed by atoms with van der Waals surface area (Å²) in [6.45, 7) is 0. The second-order valence-corrected chi connectivity index (χ2v) is 4.67. The molecule has 0 unspecified atom stereocenters. The van der Waals surface area contributed by atoms with Crippen LogP contribution in [0.15, 0.2) is 36.4 Å². The van der Waals surface area contributed by atoms with Crippen LogP contribution in [0.4, 0.5) is 5.69 Å². The van der Waals surface area contributed by atoms with Crippen molar-refractivity contribution in [2.24, 2.45) is 0 Å². The smallest absolute Gasteiger partial charge is 0.414 e. The van der Waals surface area contributed by atoms with E-state index in [0.717, 1.165) is 11.6 Å². The number of benzene rings is 2. The van der Waals surface area contributed by atoms with Gasteiger partial charge in [0, 0.05) is 11.1 Å². The van der Waals surface area contributed by atoms with Gasteiger partial charge in [-0.3, -0.25) is 0 Å². The second kappa shape index (κ2) is 5.61. The molecule has 0 radical (unpaired) electrons. The van der Waals surface area contributed by atoms with Gasteiger partial charge in [-0.25, -0.2) is 9.59 Å². The molecule has 2 aromatic rings. The van der Waals surface area contributed by atoms with Crippen LogP contribution >= 0.6 is 0 Å². The van der Waals surface area contributed by atoms with Crippen LogP contribution in [0.2, 0.25) is 0 Å². The first kappa shape index (κ1) is 13.9. The van der Waals surface area contributed by atoms with Crippen molar-refractivity contribution in [1.29, 1.82) is 0 Å². The van der Waals surface area contributed by atoms with E-state index in [1.807, 2.05) is 6.07 Å². The highest BCUT2D eigenvalue weighted by Crippen LogP contribution is 2.43. The third-order valence-electron chi connectivity index (χ3n) is 3.19. The Balaban J connectivity index is 0.000000212. The van der Waals surface area contributed by atoms with E-state index in [2.05, 4.69) is 30.3 Å². The Morgan fingerprint density at radius 1 is 0.950 bits per heavy atom. The lowest BCUT2D eigenvalue weighted by Crippen LogP contribution is -2.09. The Morgan fingerprint density at radius 2 is 1.50 bits per heavy atom. The molecule has 1 fully saturated rings. The van der Waals surface area contributed by atoms with Gasteiger partial charge < -0.3 is 15.9 Å². The molecule has 20 heavy (non-hydrogen) atoms. The van der Waals surface area contributed by atoms with Crippen LogP contribution in [0.1, 0.15) is 24.3 Å². The third-order valence-corrected chi connectivity index (χ3v) is 3.19. The monoisotopic (exact) mass is 273 g/mol. The largest absolute Gasteiger partial charge is 0.473 e. The first-order valence-corrected chi connectivity index (χ1v) is 6.24. The zero-order chi connectivity index (χ0) is 14.7. The molecule has 0 heterocycles. The zero-order valence-corrected chi connectivity index (χ0v) is 10.7. The van der Waals surface area contributed by atoms with Crippen molar-refractivity contribution in [1.82, 2.24) is 0 Å². The van der Waals surface area contributed by atoms with Crippen LogP contribution in [0.5, 0.6) is 0 Å². The molecule has 0 amide bonds. The molecule has 2 aromatic carbocycles. The molecule has 0 saturated heterocycles. The average molecular weight is 273 g/mol. The highest BCUT2D eigenvalue weighted by molar-refractivity contribution is 6.27. The molecule has 0 spiro atoms. The Bertz CT molecular complexity index is 650. The van der Waals surface area contributed by atoms with E-state index in [9.17, 15) is 0 Å². The van der Waals surface area contributed by atoms with Gasteiger partial charge in [-0.05, 0) is 35.8 Å². The molecule has 1 aliphatic carbocycles. The minimum atomic E-state index is -1.82. The molecule has 5 nitrogen and oxygen atoms in total. The van der Waals surface area contributed by atoms with Gasteiger partial charge in [0.2, 0.25) is 0 Å². The summed E-state index contributed by atoms with van der Waals surface area (Å²) in [5.74, 6) is -2.86. The molecule has 1 aliphatic rings. The summed E-state index contributed by atoms with van der Waals surface area (Å²) >= 11 is 0. The number of anilines is 1. The number of nitrogen functional groups attached to an aromatic ring is 1. The fourth-order valence-corrected chi connectivity index (χ4v) is 2.10. The van der Waals surface area contributed by atoms with Crippen LogP contribution in [-0.2, 0) is 9.59 Å². The Morgan fingerprint density at radius 3 is 2.00 bits per heavy atom. The fraction of sp³-hybridized carbons (Fsp3) is 0.200. The van der Waals surface area contributed by atoms with Gasteiger partial charge in [-0.15, -0.1) is 0 Å². The van der Waals surface area contributed by atoms with Gasteiger partial charge in [0.25, 0.3) is 0 Å². The number of carboxylic acids is 2. The summed E-state index contributed by atoms with van der Waals surface area (Å²) in [5.41, 5.74) is 8.32. The number of hydrogen-bond donors (Lipinski definition) is 3. The van der Waals surface area contributed by atoms with Gasteiger partial charge in [-0.2, -0.15) is 0 Å². The first-order valence-electron chi connectivity index (χ1n) is 6.24. The van der Waals surface area contributed by atoms with Crippen LogP contribution in [-0.4, -0.2) is 22.2 Å². The Hall–Kier alpha value is -2.56. The van der Waals surface area contributed by atoms with Gasteiger partial charge >= 0.3 is 11.9 Å². The van der Waals surface area contributed by atoms with E-state index >= 15 is 0 Å². The summed E-state index contributed by atoms with van der Waals surface area (Å²) in [4.78, 5) is 18.2. The molecule has 4 N–H and O–H groups in total. The summed E-state index contributed by atoms with van der Waals surface area (Å²) in [6.07, 6.45) is 2.68. The maximum absolute atomic E-state index is 9.10. The van der Waals surface area contributed by atoms with Crippen LogP contribution < -0.4 is 5.73 Å².